The quantitative estimate of drug-likeness (QED) is 0.504. The van der Waals surface area contributed by atoms with Gasteiger partial charge in [-0.3, -0.25) is 0 Å². The smallest absolute Gasteiger partial charge is 0.331 e. The van der Waals surface area contributed by atoms with Gasteiger partial charge in [0.25, 0.3) is 5.89 Å². The Morgan fingerprint density at radius 2 is 2.12 bits per heavy atom. The predicted octanol–water partition coefficient (Wildman–Crippen LogP) is 3.56. The second kappa shape index (κ2) is 7.56. The zero-order valence-corrected chi connectivity index (χ0v) is 13.7. The van der Waals surface area contributed by atoms with Crippen LogP contribution in [0, 0.1) is 0 Å². The maximum Gasteiger partial charge on any atom is 0.331 e. The van der Waals surface area contributed by atoms with Crippen LogP contribution in [0.5, 0.6) is 5.75 Å². The average Bonchev–Trinajstić information content (AvgIpc) is 3.29. The lowest BCUT2D eigenvalue weighted by Crippen LogP contribution is -2.00. The zero-order valence-electron chi connectivity index (χ0n) is 12.8. The van der Waals surface area contributed by atoms with Crippen molar-refractivity contribution in [3.05, 3.63) is 59.3 Å². The molecule has 0 fully saturated rings. The molecule has 0 aliphatic carbocycles. The molecule has 0 saturated carbocycles. The Labute approximate surface area is 142 Å². The Bertz CT molecular complexity index is 823. The summed E-state index contributed by atoms with van der Waals surface area (Å²) in [4.78, 5) is 16.8. The summed E-state index contributed by atoms with van der Waals surface area (Å²) in [5.74, 6) is 1.02. The zero-order chi connectivity index (χ0) is 16.8. The number of nitrogens with zero attached hydrogens (tertiary/aromatic N) is 2. The van der Waals surface area contributed by atoms with Crippen molar-refractivity contribution in [1.82, 2.24) is 10.1 Å². The number of rotatable bonds is 6. The average molecular weight is 342 g/mol. The van der Waals surface area contributed by atoms with Crippen molar-refractivity contribution in [2.24, 2.45) is 0 Å². The van der Waals surface area contributed by atoms with E-state index < -0.39 is 5.97 Å². The maximum absolute atomic E-state index is 11.7. The van der Waals surface area contributed by atoms with Crippen molar-refractivity contribution in [3.63, 3.8) is 0 Å². The van der Waals surface area contributed by atoms with Crippen LogP contribution in [0.3, 0.4) is 0 Å². The van der Waals surface area contributed by atoms with E-state index >= 15 is 0 Å². The standard InChI is InChI=1S/C17H14N2O4S/c1-21-13-7-4-12(5-8-13)6-9-16(20)22-11-15-18-17(19-23-15)14-3-2-10-24-14/h2-10H,11H2,1H3/b9-6+. The molecule has 0 unspecified atom stereocenters. The van der Waals surface area contributed by atoms with Crippen LogP contribution < -0.4 is 4.74 Å². The molecule has 0 atom stereocenters. The molecule has 0 aliphatic rings. The SMILES string of the molecule is COc1ccc(/C=C/C(=O)OCc2nc(-c3cccs3)no2)cc1. The summed E-state index contributed by atoms with van der Waals surface area (Å²) in [6.07, 6.45) is 3.00. The van der Waals surface area contributed by atoms with Gasteiger partial charge in [0, 0.05) is 6.08 Å². The molecule has 0 N–H and O–H groups in total. The minimum absolute atomic E-state index is 0.0653. The lowest BCUT2D eigenvalue weighted by molar-refractivity contribution is -0.139. The van der Waals surface area contributed by atoms with Gasteiger partial charge in [-0.25, -0.2) is 4.79 Å². The highest BCUT2D eigenvalue weighted by molar-refractivity contribution is 7.13. The van der Waals surface area contributed by atoms with Crippen molar-refractivity contribution < 1.29 is 18.8 Å². The van der Waals surface area contributed by atoms with E-state index in [0.29, 0.717) is 5.82 Å². The number of aromatic nitrogens is 2. The van der Waals surface area contributed by atoms with Gasteiger partial charge in [0.1, 0.15) is 5.75 Å². The first-order valence-corrected chi connectivity index (χ1v) is 7.98. The first-order chi connectivity index (χ1) is 11.7. The van der Waals surface area contributed by atoms with Crippen LogP contribution in [0.4, 0.5) is 0 Å². The summed E-state index contributed by atoms with van der Waals surface area (Å²) in [7, 11) is 1.60. The Balaban J connectivity index is 1.52. The minimum atomic E-state index is -0.485. The Morgan fingerprint density at radius 1 is 1.29 bits per heavy atom. The Morgan fingerprint density at radius 3 is 2.83 bits per heavy atom. The van der Waals surface area contributed by atoms with E-state index in [1.165, 1.54) is 17.4 Å². The molecule has 2 aromatic heterocycles. The Hall–Kier alpha value is -2.93. The molecule has 0 spiro atoms. The van der Waals surface area contributed by atoms with E-state index in [4.69, 9.17) is 14.0 Å². The van der Waals surface area contributed by atoms with Gasteiger partial charge < -0.3 is 14.0 Å². The van der Waals surface area contributed by atoms with Crippen LogP contribution in [-0.4, -0.2) is 23.2 Å². The van der Waals surface area contributed by atoms with E-state index in [9.17, 15) is 4.79 Å². The fraction of sp³-hybridized carbons (Fsp3) is 0.118. The van der Waals surface area contributed by atoms with E-state index in [-0.39, 0.29) is 12.5 Å². The predicted molar refractivity (Wildman–Crippen MR) is 89.4 cm³/mol. The van der Waals surface area contributed by atoms with Gasteiger partial charge >= 0.3 is 5.97 Å². The molecule has 6 nitrogen and oxygen atoms in total. The third kappa shape index (κ3) is 4.08. The summed E-state index contributed by atoms with van der Waals surface area (Å²) in [5.41, 5.74) is 0.866. The summed E-state index contributed by atoms with van der Waals surface area (Å²) in [6.45, 7) is -0.0653. The van der Waals surface area contributed by atoms with E-state index in [1.807, 2.05) is 41.8 Å². The summed E-state index contributed by atoms with van der Waals surface area (Å²) < 4.78 is 15.2. The molecule has 0 bridgehead atoms. The van der Waals surface area contributed by atoms with Crippen LogP contribution in [-0.2, 0) is 16.1 Å². The van der Waals surface area contributed by atoms with Gasteiger partial charge in [0.15, 0.2) is 6.61 Å². The normalized spacial score (nSPS) is 10.9. The van der Waals surface area contributed by atoms with Crippen LogP contribution in [0.15, 0.2) is 52.4 Å². The second-order valence-electron chi connectivity index (χ2n) is 4.70. The van der Waals surface area contributed by atoms with Crippen LogP contribution >= 0.6 is 11.3 Å². The van der Waals surface area contributed by atoms with Crippen molar-refractivity contribution in [2.45, 2.75) is 6.61 Å². The second-order valence-corrected chi connectivity index (χ2v) is 5.65. The molecule has 122 valence electrons. The Kier molecular flexibility index (Phi) is 5.02. The molecule has 0 aliphatic heterocycles. The van der Waals surface area contributed by atoms with Crippen LogP contribution in [0.2, 0.25) is 0 Å². The number of benzene rings is 1. The first kappa shape index (κ1) is 15.9. The van der Waals surface area contributed by atoms with Gasteiger partial charge in [-0.15, -0.1) is 11.3 Å². The van der Waals surface area contributed by atoms with E-state index in [2.05, 4.69) is 10.1 Å². The highest BCUT2D eigenvalue weighted by Gasteiger charge is 2.10. The molecule has 3 aromatic rings. The lowest BCUT2D eigenvalue weighted by atomic mass is 10.2. The van der Waals surface area contributed by atoms with Crippen LogP contribution in [0.25, 0.3) is 16.8 Å². The largest absolute Gasteiger partial charge is 0.497 e. The monoisotopic (exact) mass is 342 g/mol. The lowest BCUT2D eigenvalue weighted by Gasteiger charge is -1.99. The number of carbonyl (C=O) groups excluding carboxylic acids is 1. The molecule has 3 rings (SSSR count). The minimum Gasteiger partial charge on any atom is -0.497 e. The van der Waals surface area contributed by atoms with Gasteiger partial charge in [0.05, 0.1) is 12.0 Å². The number of methoxy groups -OCH3 is 1. The number of ether oxygens (including phenoxy) is 2. The van der Waals surface area contributed by atoms with Crippen molar-refractivity contribution >= 4 is 23.4 Å². The molecular formula is C17H14N2O4S. The third-order valence-corrected chi connectivity index (χ3v) is 3.94. The third-order valence-electron chi connectivity index (χ3n) is 3.08. The molecule has 1 aromatic carbocycles. The highest BCUT2D eigenvalue weighted by Crippen LogP contribution is 2.21. The summed E-state index contributed by atoms with van der Waals surface area (Å²) in [5, 5.41) is 5.78. The molecule has 0 saturated heterocycles. The number of carbonyl (C=O) groups is 1. The van der Waals surface area contributed by atoms with Crippen molar-refractivity contribution in [3.8, 4) is 16.5 Å². The molecular weight excluding hydrogens is 328 g/mol. The van der Waals surface area contributed by atoms with Gasteiger partial charge in [-0.2, -0.15) is 4.98 Å². The summed E-state index contributed by atoms with van der Waals surface area (Å²) in [6, 6.07) is 11.1. The number of thiophene rings is 1. The molecule has 0 amide bonds. The van der Waals surface area contributed by atoms with Gasteiger partial charge in [-0.05, 0) is 35.2 Å². The maximum atomic E-state index is 11.7. The van der Waals surface area contributed by atoms with Crippen LogP contribution in [0.1, 0.15) is 11.5 Å². The molecule has 0 radical (unpaired) electrons. The molecule has 24 heavy (non-hydrogen) atoms. The van der Waals surface area contributed by atoms with Crippen molar-refractivity contribution in [1.29, 1.82) is 0 Å². The van der Waals surface area contributed by atoms with Gasteiger partial charge in [-0.1, -0.05) is 23.4 Å². The first-order valence-electron chi connectivity index (χ1n) is 7.10. The summed E-state index contributed by atoms with van der Waals surface area (Å²) >= 11 is 1.51. The number of hydrogen-bond acceptors (Lipinski definition) is 7. The van der Waals surface area contributed by atoms with E-state index in [0.717, 1.165) is 16.2 Å². The molecule has 2 heterocycles. The fourth-order valence-corrected chi connectivity index (χ4v) is 2.53. The number of hydrogen-bond donors (Lipinski definition) is 0. The van der Waals surface area contributed by atoms with Gasteiger partial charge in [0.2, 0.25) is 5.82 Å². The molecule has 7 heteroatoms. The van der Waals surface area contributed by atoms with E-state index in [1.54, 1.807) is 13.2 Å². The fourth-order valence-electron chi connectivity index (χ4n) is 1.88. The highest BCUT2D eigenvalue weighted by atomic mass is 32.1. The van der Waals surface area contributed by atoms with Crippen molar-refractivity contribution in [2.75, 3.05) is 7.11 Å². The topological polar surface area (TPSA) is 74.5 Å². The number of esters is 1.